The molecule has 1 saturated carbocycles. The van der Waals surface area contributed by atoms with E-state index < -0.39 is 0 Å². The second kappa shape index (κ2) is 7.88. The Morgan fingerprint density at radius 1 is 1.35 bits per heavy atom. The van der Waals surface area contributed by atoms with Crippen LogP contribution in [0.5, 0.6) is 0 Å². The number of guanidine groups is 1. The van der Waals surface area contributed by atoms with E-state index in [0.29, 0.717) is 18.1 Å². The third-order valence-corrected chi connectivity index (χ3v) is 5.03. The first-order valence-corrected chi connectivity index (χ1v) is 8.40. The zero-order chi connectivity index (χ0) is 15.6. The number of halogens is 1. The fourth-order valence-corrected chi connectivity index (χ4v) is 3.88. The summed E-state index contributed by atoms with van der Waals surface area (Å²) in [7, 11) is 0. The van der Waals surface area contributed by atoms with Crippen molar-refractivity contribution in [3.8, 4) is 0 Å². The number of hydrogen-bond acceptors (Lipinski definition) is 2. The molecule has 6 heteroatoms. The lowest BCUT2D eigenvalue weighted by Gasteiger charge is -2.54. The monoisotopic (exact) mass is 432 g/mol. The Hall–Kier alpha value is -0.760. The summed E-state index contributed by atoms with van der Waals surface area (Å²) < 4.78 is 8.02. The summed E-state index contributed by atoms with van der Waals surface area (Å²) in [5, 5.41) is 7.01. The van der Waals surface area contributed by atoms with Gasteiger partial charge in [-0.1, -0.05) is 13.8 Å². The standard InChI is InChI=1S/C17H28N4O.HI/c1-4-18-16(19-8-11-21-9-5-6-10-21)20-14-13-7-12-22-15(13)17(14,2)3;/h5-6,9-10,13-15H,4,7-8,11-12H2,1-3H3,(H2,18,19,20);1H. The minimum atomic E-state index is 0. The molecule has 2 heterocycles. The van der Waals surface area contributed by atoms with Crippen molar-refractivity contribution in [1.82, 2.24) is 15.2 Å². The summed E-state index contributed by atoms with van der Waals surface area (Å²) >= 11 is 0. The zero-order valence-electron chi connectivity index (χ0n) is 14.3. The molecule has 130 valence electrons. The van der Waals surface area contributed by atoms with E-state index in [9.17, 15) is 0 Å². The van der Waals surface area contributed by atoms with Crippen molar-refractivity contribution in [2.24, 2.45) is 16.3 Å². The van der Waals surface area contributed by atoms with Crippen LogP contribution in [0.2, 0.25) is 0 Å². The average Bonchev–Trinajstić information content (AvgIpc) is 3.14. The molecule has 2 N–H and O–H groups in total. The molecular weight excluding hydrogens is 403 g/mol. The Labute approximate surface area is 156 Å². The normalized spacial score (nSPS) is 28.5. The topological polar surface area (TPSA) is 50.6 Å². The van der Waals surface area contributed by atoms with Crippen molar-refractivity contribution < 1.29 is 4.74 Å². The molecule has 0 amide bonds. The first kappa shape index (κ1) is 18.6. The number of nitrogens with zero attached hydrogens (tertiary/aromatic N) is 2. The zero-order valence-corrected chi connectivity index (χ0v) is 16.6. The second-order valence-electron chi connectivity index (χ2n) is 6.87. The highest BCUT2D eigenvalue weighted by Crippen LogP contribution is 2.52. The van der Waals surface area contributed by atoms with Gasteiger partial charge in [0.05, 0.1) is 12.6 Å². The molecule has 0 bridgehead atoms. The van der Waals surface area contributed by atoms with Crippen molar-refractivity contribution in [2.45, 2.75) is 45.9 Å². The van der Waals surface area contributed by atoms with E-state index in [1.165, 1.54) is 0 Å². The number of fused-ring (bicyclic) bond motifs is 1. The van der Waals surface area contributed by atoms with Crippen molar-refractivity contribution in [3.05, 3.63) is 24.5 Å². The summed E-state index contributed by atoms with van der Waals surface area (Å²) in [6.45, 7) is 10.2. The maximum absolute atomic E-state index is 5.87. The molecule has 1 aromatic rings. The molecule has 3 unspecified atom stereocenters. The van der Waals surface area contributed by atoms with Crippen LogP contribution in [0, 0.1) is 11.3 Å². The molecule has 0 aromatic carbocycles. The van der Waals surface area contributed by atoms with Crippen LogP contribution in [0.4, 0.5) is 0 Å². The predicted molar refractivity (Wildman–Crippen MR) is 104 cm³/mol. The highest BCUT2D eigenvalue weighted by Gasteiger charge is 2.59. The van der Waals surface area contributed by atoms with Crippen molar-refractivity contribution in [1.29, 1.82) is 0 Å². The number of aliphatic imine (C=N–C) groups is 1. The SMILES string of the molecule is CCNC(=NCCn1cccc1)NC1C2CCOC2C1(C)C.I. The Kier molecular flexibility index (Phi) is 6.36. The number of hydrogen-bond donors (Lipinski definition) is 2. The van der Waals surface area contributed by atoms with Crippen LogP contribution in [0.3, 0.4) is 0 Å². The Balaban J connectivity index is 0.00000192. The first-order chi connectivity index (χ1) is 10.6. The van der Waals surface area contributed by atoms with Crippen molar-refractivity contribution in [2.75, 3.05) is 19.7 Å². The highest BCUT2D eigenvalue weighted by atomic mass is 127. The molecule has 0 radical (unpaired) electrons. The Morgan fingerprint density at radius 3 is 2.78 bits per heavy atom. The van der Waals surface area contributed by atoms with Crippen molar-refractivity contribution >= 4 is 29.9 Å². The van der Waals surface area contributed by atoms with E-state index in [-0.39, 0.29) is 29.4 Å². The van der Waals surface area contributed by atoms with Crippen LogP contribution in [-0.4, -0.2) is 42.4 Å². The molecule has 1 aliphatic carbocycles. The highest BCUT2D eigenvalue weighted by molar-refractivity contribution is 14.0. The fraction of sp³-hybridized carbons (Fsp3) is 0.706. The van der Waals surface area contributed by atoms with Gasteiger partial charge in [0.2, 0.25) is 0 Å². The third-order valence-electron chi connectivity index (χ3n) is 5.03. The molecule has 3 rings (SSSR count). The van der Waals surface area contributed by atoms with E-state index in [1.807, 2.05) is 12.1 Å². The molecule has 2 fully saturated rings. The lowest BCUT2D eigenvalue weighted by atomic mass is 9.57. The summed E-state index contributed by atoms with van der Waals surface area (Å²) in [6, 6.07) is 4.54. The molecule has 3 atom stereocenters. The lowest BCUT2D eigenvalue weighted by molar-refractivity contribution is -0.106. The van der Waals surface area contributed by atoms with Gasteiger partial charge in [-0.05, 0) is 25.5 Å². The van der Waals surface area contributed by atoms with E-state index in [4.69, 9.17) is 9.73 Å². The van der Waals surface area contributed by atoms with Gasteiger partial charge >= 0.3 is 0 Å². The molecule has 23 heavy (non-hydrogen) atoms. The number of aromatic nitrogens is 1. The van der Waals surface area contributed by atoms with Crippen LogP contribution in [0.25, 0.3) is 0 Å². The van der Waals surface area contributed by atoms with Gasteiger partial charge in [0.25, 0.3) is 0 Å². The van der Waals surface area contributed by atoms with Crippen LogP contribution in [0.15, 0.2) is 29.5 Å². The average molecular weight is 432 g/mol. The molecular formula is C17H29IN4O. The molecule has 1 saturated heterocycles. The summed E-state index contributed by atoms with van der Waals surface area (Å²) in [5.74, 6) is 1.56. The minimum Gasteiger partial charge on any atom is -0.377 e. The molecule has 2 aliphatic rings. The lowest BCUT2D eigenvalue weighted by Crippen LogP contribution is -2.68. The molecule has 5 nitrogen and oxygen atoms in total. The number of rotatable bonds is 5. The van der Waals surface area contributed by atoms with Gasteiger partial charge in [-0.25, -0.2) is 0 Å². The van der Waals surface area contributed by atoms with E-state index in [1.54, 1.807) is 0 Å². The van der Waals surface area contributed by atoms with E-state index in [2.05, 4.69) is 48.4 Å². The van der Waals surface area contributed by atoms with E-state index >= 15 is 0 Å². The minimum absolute atomic E-state index is 0. The largest absolute Gasteiger partial charge is 0.377 e. The third kappa shape index (κ3) is 3.84. The van der Waals surface area contributed by atoms with E-state index in [0.717, 1.165) is 38.6 Å². The van der Waals surface area contributed by atoms with Gasteiger partial charge in [0.15, 0.2) is 5.96 Å². The van der Waals surface area contributed by atoms with Gasteiger partial charge in [-0.3, -0.25) is 4.99 Å². The van der Waals surface area contributed by atoms with Crippen LogP contribution in [0.1, 0.15) is 27.2 Å². The fourth-order valence-electron chi connectivity index (χ4n) is 3.88. The quantitative estimate of drug-likeness (QED) is 0.427. The number of nitrogens with one attached hydrogen (secondary N) is 2. The summed E-state index contributed by atoms with van der Waals surface area (Å²) in [5.41, 5.74) is 0.178. The van der Waals surface area contributed by atoms with Gasteiger partial charge in [0.1, 0.15) is 0 Å². The summed E-state index contributed by atoms with van der Waals surface area (Å²) in [4.78, 5) is 4.72. The first-order valence-electron chi connectivity index (χ1n) is 8.40. The smallest absolute Gasteiger partial charge is 0.191 e. The predicted octanol–water partition coefficient (Wildman–Crippen LogP) is 2.47. The second-order valence-corrected chi connectivity index (χ2v) is 6.87. The van der Waals surface area contributed by atoms with Crippen molar-refractivity contribution in [3.63, 3.8) is 0 Å². The van der Waals surface area contributed by atoms with Crippen LogP contribution in [-0.2, 0) is 11.3 Å². The summed E-state index contributed by atoms with van der Waals surface area (Å²) in [6.07, 6.45) is 5.72. The molecule has 0 spiro atoms. The molecule has 1 aromatic heterocycles. The van der Waals surface area contributed by atoms with Crippen LogP contribution >= 0.6 is 24.0 Å². The van der Waals surface area contributed by atoms with Gasteiger partial charge < -0.3 is 19.9 Å². The Morgan fingerprint density at radius 2 is 2.09 bits per heavy atom. The van der Waals surface area contributed by atoms with Gasteiger partial charge in [-0.2, -0.15) is 0 Å². The maximum atomic E-state index is 5.87. The molecule has 1 aliphatic heterocycles. The van der Waals surface area contributed by atoms with Gasteiger partial charge in [-0.15, -0.1) is 24.0 Å². The Bertz CT molecular complexity index is 515. The van der Waals surface area contributed by atoms with Gasteiger partial charge in [0, 0.05) is 49.5 Å². The maximum Gasteiger partial charge on any atom is 0.191 e. The van der Waals surface area contributed by atoms with Crippen LogP contribution < -0.4 is 10.6 Å². The number of ether oxygens (including phenoxy) is 1.